The molecule has 0 aliphatic carbocycles. The summed E-state index contributed by atoms with van der Waals surface area (Å²) in [6.45, 7) is 1.55. The number of hydrogen-bond acceptors (Lipinski definition) is 8. The van der Waals surface area contributed by atoms with Crippen LogP contribution in [-0.2, 0) is 31.7 Å². The van der Waals surface area contributed by atoms with Gasteiger partial charge in [0.2, 0.25) is 17.2 Å². The van der Waals surface area contributed by atoms with Gasteiger partial charge in [0.25, 0.3) is 0 Å². The van der Waals surface area contributed by atoms with Gasteiger partial charge in [0.05, 0.1) is 24.5 Å². The summed E-state index contributed by atoms with van der Waals surface area (Å²) in [4.78, 5) is 31.9. The number of aromatic nitrogens is 2. The van der Waals surface area contributed by atoms with Gasteiger partial charge in [0.1, 0.15) is 17.9 Å². The van der Waals surface area contributed by atoms with Crippen LogP contribution in [0.4, 0.5) is 4.39 Å². The second-order valence-electron chi connectivity index (χ2n) is 5.41. The first-order valence-corrected chi connectivity index (χ1v) is 9.75. The normalized spacial score (nSPS) is 12.7. The monoisotopic (exact) mass is 410 g/mol. The Morgan fingerprint density at radius 3 is 2.46 bits per heavy atom. The van der Waals surface area contributed by atoms with Crippen molar-refractivity contribution in [2.24, 2.45) is 0 Å². The molecule has 10 heteroatoms. The van der Waals surface area contributed by atoms with E-state index in [1.807, 2.05) is 6.07 Å². The maximum Gasteiger partial charge on any atom is 0.346 e. The van der Waals surface area contributed by atoms with Crippen LogP contribution in [0.1, 0.15) is 34.7 Å². The van der Waals surface area contributed by atoms with Crippen LogP contribution in [0.5, 0.6) is 5.88 Å². The van der Waals surface area contributed by atoms with Crippen molar-refractivity contribution >= 4 is 22.7 Å². The molecule has 0 saturated heterocycles. The minimum absolute atomic E-state index is 0.00529. The molecule has 0 aliphatic heterocycles. The van der Waals surface area contributed by atoms with Gasteiger partial charge < -0.3 is 14.2 Å². The van der Waals surface area contributed by atoms with Crippen LogP contribution in [0.2, 0.25) is 0 Å². The second kappa shape index (κ2) is 9.88. The lowest BCUT2D eigenvalue weighted by Gasteiger charge is -2.15. The first-order chi connectivity index (χ1) is 13.4. The molecule has 0 fully saturated rings. The van der Waals surface area contributed by atoms with E-state index in [0.717, 1.165) is 12.7 Å². The topological polar surface area (TPSA) is 105 Å². The summed E-state index contributed by atoms with van der Waals surface area (Å²) in [6, 6.07) is 8.95. The van der Waals surface area contributed by atoms with Crippen molar-refractivity contribution in [3.63, 3.8) is 0 Å². The van der Waals surface area contributed by atoms with Crippen LogP contribution in [0, 0.1) is 0 Å². The van der Waals surface area contributed by atoms with Crippen molar-refractivity contribution in [3.05, 3.63) is 47.2 Å². The molecular weight excluding hydrogens is 391 g/mol. The Labute approximate surface area is 163 Å². The maximum absolute atomic E-state index is 14.6. The standard InChI is InChI=1S/C18H19FN2O6S/c1-4-26-16(22)12-14(13(19)17(23)25-2)20-18(28(3)24)21-15(12)27-10-11-8-6-5-7-9-11/h5-9,13H,4,10H2,1-3H3. The molecule has 1 aromatic carbocycles. The predicted octanol–water partition coefficient (Wildman–Crippen LogP) is 2.15. The van der Waals surface area contributed by atoms with E-state index < -0.39 is 40.2 Å². The number of carbonyl (C=O) groups excluding carboxylic acids is 2. The third kappa shape index (κ3) is 5.10. The Morgan fingerprint density at radius 2 is 1.89 bits per heavy atom. The molecule has 2 rings (SSSR count). The third-order valence-electron chi connectivity index (χ3n) is 3.49. The summed E-state index contributed by atoms with van der Waals surface area (Å²) in [5, 5.41) is -0.294. The summed E-state index contributed by atoms with van der Waals surface area (Å²) < 4.78 is 41.4. The van der Waals surface area contributed by atoms with Gasteiger partial charge in [0, 0.05) is 6.26 Å². The first kappa shape index (κ1) is 21.4. The first-order valence-electron chi connectivity index (χ1n) is 8.20. The van der Waals surface area contributed by atoms with Crippen molar-refractivity contribution in [1.82, 2.24) is 9.97 Å². The molecule has 2 aromatic rings. The number of carbonyl (C=O) groups is 2. The minimum Gasteiger partial charge on any atom is -0.472 e. The van der Waals surface area contributed by atoms with Crippen LogP contribution in [-0.4, -0.2) is 46.1 Å². The van der Waals surface area contributed by atoms with E-state index in [0.29, 0.717) is 0 Å². The summed E-state index contributed by atoms with van der Waals surface area (Å²) in [6.07, 6.45) is -1.14. The number of hydrogen-bond donors (Lipinski definition) is 0. The van der Waals surface area contributed by atoms with Crippen molar-refractivity contribution < 1.29 is 32.4 Å². The fraction of sp³-hybridized carbons (Fsp3) is 0.333. The molecule has 1 heterocycles. The largest absolute Gasteiger partial charge is 0.472 e. The molecular formula is C18H19FN2O6S. The summed E-state index contributed by atoms with van der Waals surface area (Å²) in [7, 11) is -0.736. The van der Waals surface area contributed by atoms with Crippen molar-refractivity contribution in [3.8, 4) is 5.88 Å². The van der Waals surface area contributed by atoms with E-state index in [2.05, 4.69) is 14.7 Å². The second-order valence-corrected chi connectivity index (χ2v) is 6.68. The average Bonchev–Trinajstić information content (AvgIpc) is 2.71. The molecule has 2 atom stereocenters. The van der Waals surface area contributed by atoms with Crippen LogP contribution >= 0.6 is 0 Å². The van der Waals surface area contributed by atoms with Crippen molar-refractivity contribution in [1.29, 1.82) is 0 Å². The molecule has 0 saturated carbocycles. The van der Waals surface area contributed by atoms with Gasteiger partial charge in [-0.15, -0.1) is 0 Å². The summed E-state index contributed by atoms with van der Waals surface area (Å²) in [5.41, 5.74) is -0.320. The molecule has 150 valence electrons. The molecule has 28 heavy (non-hydrogen) atoms. The summed E-state index contributed by atoms with van der Waals surface area (Å²) in [5.74, 6) is -2.57. The zero-order valence-corrected chi connectivity index (χ0v) is 16.3. The number of nitrogens with zero attached hydrogens (tertiary/aromatic N) is 2. The third-order valence-corrected chi connectivity index (χ3v) is 4.18. The quantitative estimate of drug-likeness (QED) is 0.482. The van der Waals surface area contributed by atoms with Crippen LogP contribution in [0.3, 0.4) is 0 Å². The fourth-order valence-electron chi connectivity index (χ4n) is 2.19. The zero-order chi connectivity index (χ0) is 20.7. The molecule has 0 bridgehead atoms. The average molecular weight is 410 g/mol. The van der Waals surface area contributed by atoms with E-state index in [1.54, 1.807) is 31.2 Å². The molecule has 0 radical (unpaired) electrons. The minimum atomic E-state index is -2.41. The number of methoxy groups -OCH3 is 1. The van der Waals surface area contributed by atoms with Crippen LogP contribution < -0.4 is 4.74 Å². The van der Waals surface area contributed by atoms with Gasteiger partial charge in [0.15, 0.2) is 0 Å². The lowest BCUT2D eigenvalue weighted by atomic mass is 10.1. The fourth-order valence-corrected chi connectivity index (χ4v) is 2.63. The number of benzene rings is 1. The maximum atomic E-state index is 14.6. The van der Waals surface area contributed by atoms with Gasteiger partial charge in [-0.25, -0.2) is 19.0 Å². The molecule has 1 aromatic heterocycles. The smallest absolute Gasteiger partial charge is 0.346 e. The van der Waals surface area contributed by atoms with E-state index in [1.165, 1.54) is 6.26 Å². The predicted molar refractivity (Wildman–Crippen MR) is 97.0 cm³/mol. The van der Waals surface area contributed by atoms with Gasteiger partial charge in [-0.2, -0.15) is 4.98 Å². The zero-order valence-electron chi connectivity index (χ0n) is 15.5. The Hall–Kier alpha value is -2.88. The Morgan fingerprint density at radius 1 is 1.21 bits per heavy atom. The van der Waals surface area contributed by atoms with Gasteiger partial charge in [-0.1, -0.05) is 30.3 Å². The van der Waals surface area contributed by atoms with E-state index in [9.17, 15) is 18.2 Å². The SMILES string of the molecule is CCOC(=O)c1c(OCc2ccccc2)nc(S(C)=O)nc1C(F)C(=O)OC. The van der Waals surface area contributed by atoms with Crippen molar-refractivity contribution in [2.45, 2.75) is 24.9 Å². The Kier molecular flexibility index (Phi) is 7.56. The Balaban J connectivity index is 2.57. The highest BCUT2D eigenvalue weighted by Crippen LogP contribution is 2.29. The van der Waals surface area contributed by atoms with E-state index in [4.69, 9.17) is 9.47 Å². The molecule has 2 unspecified atom stereocenters. The molecule has 8 nitrogen and oxygen atoms in total. The van der Waals surface area contributed by atoms with Gasteiger partial charge in [-0.05, 0) is 12.5 Å². The lowest BCUT2D eigenvalue weighted by molar-refractivity contribution is -0.146. The number of halogens is 1. The highest BCUT2D eigenvalue weighted by atomic mass is 32.2. The highest BCUT2D eigenvalue weighted by molar-refractivity contribution is 7.84. The summed E-state index contributed by atoms with van der Waals surface area (Å²) >= 11 is 0. The number of esters is 2. The number of rotatable bonds is 8. The molecule has 0 amide bonds. The van der Waals surface area contributed by atoms with E-state index in [-0.39, 0.29) is 24.3 Å². The molecule has 0 spiro atoms. The van der Waals surface area contributed by atoms with Crippen molar-refractivity contribution in [2.75, 3.05) is 20.0 Å². The van der Waals surface area contributed by atoms with Gasteiger partial charge >= 0.3 is 11.9 Å². The molecule has 0 aliphatic rings. The van der Waals surface area contributed by atoms with Crippen LogP contribution in [0.15, 0.2) is 35.5 Å². The highest BCUT2D eigenvalue weighted by Gasteiger charge is 2.33. The number of ether oxygens (including phenoxy) is 3. The number of alkyl halides is 1. The van der Waals surface area contributed by atoms with Gasteiger partial charge in [-0.3, -0.25) is 4.21 Å². The Bertz CT molecular complexity index is 878. The lowest BCUT2D eigenvalue weighted by Crippen LogP contribution is -2.21. The molecule has 0 N–H and O–H groups in total. The van der Waals surface area contributed by atoms with Crippen LogP contribution in [0.25, 0.3) is 0 Å². The van der Waals surface area contributed by atoms with E-state index >= 15 is 0 Å².